The van der Waals surface area contributed by atoms with Gasteiger partial charge < -0.3 is 0 Å². The molecule has 3 heteroatoms. The van der Waals surface area contributed by atoms with Gasteiger partial charge >= 0.3 is 0 Å². The van der Waals surface area contributed by atoms with Gasteiger partial charge in [0.05, 0.1) is 5.52 Å². The summed E-state index contributed by atoms with van der Waals surface area (Å²) in [5.74, 6) is 0.0890. The number of aryl methyl sites for hydroxylation is 1. The molecule has 3 aromatic rings. The molecule has 0 fully saturated rings. The average Bonchev–Trinajstić information content (AvgIpc) is 2.50. The van der Waals surface area contributed by atoms with Gasteiger partial charge in [0.15, 0.2) is 5.78 Å². The summed E-state index contributed by atoms with van der Waals surface area (Å²) in [6, 6.07) is 15.2. The highest BCUT2D eigenvalue weighted by Crippen LogP contribution is 2.20. The van der Waals surface area contributed by atoms with Crippen LogP contribution < -0.4 is 0 Å². The molecule has 0 amide bonds. The Hall–Kier alpha value is -2.19. The van der Waals surface area contributed by atoms with Crippen LogP contribution in [0, 0.1) is 6.92 Å². The van der Waals surface area contributed by atoms with Crippen LogP contribution in [0.2, 0.25) is 5.02 Å². The van der Waals surface area contributed by atoms with Gasteiger partial charge in [-0.1, -0.05) is 29.8 Å². The van der Waals surface area contributed by atoms with Gasteiger partial charge in [-0.3, -0.25) is 9.78 Å². The second kappa shape index (κ2) is 5.66. The number of para-hydroxylation sites is 1. The summed E-state index contributed by atoms with van der Waals surface area (Å²) in [6.07, 6.45) is 2.11. The van der Waals surface area contributed by atoms with Crippen molar-refractivity contribution >= 4 is 28.3 Å². The molecule has 0 aliphatic rings. The van der Waals surface area contributed by atoms with Crippen LogP contribution in [0.15, 0.2) is 54.7 Å². The summed E-state index contributed by atoms with van der Waals surface area (Å²) in [5.41, 5.74) is 3.52. The zero-order chi connectivity index (χ0) is 14.8. The maximum absolute atomic E-state index is 12.5. The fourth-order valence-electron chi connectivity index (χ4n) is 2.40. The number of pyridine rings is 1. The molecule has 0 aliphatic heterocycles. The third-order valence-corrected chi connectivity index (χ3v) is 3.99. The summed E-state index contributed by atoms with van der Waals surface area (Å²) in [7, 11) is 0. The lowest BCUT2D eigenvalue weighted by molar-refractivity contribution is 0.0993. The van der Waals surface area contributed by atoms with Crippen molar-refractivity contribution in [2.24, 2.45) is 0 Å². The lowest BCUT2D eigenvalue weighted by Gasteiger charge is -2.07. The van der Waals surface area contributed by atoms with E-state index in [1.54, 1.807) is 18.3 Å². The molecule has 0 aliphatic carbocycles. The number of carbonyl (C=O) groups is 1. The van der Waals surface area contributed by atoms with Gasteiger partial charge in [0.2, 0.25) is 0 Å². The molecule has 0 N–H and O–H groups in total. The number of hydrogen-bond acceptors (Lipinski definition) is 2. The fraction of sp³-hybridized carbons (Fsp3) is 0.111. The van der Waals surface area contributed by atoms with Crippen molar-refractivity contribution in [3.63, 3.8) is 0 Å². The Labute approximate surface area is 128 Å². The molecule has 0 atom stereocenters. The lowest BCUT2D eigenvalue weighted by atomic mass is 9.99. The number of hydrogen-bond donors (Lipinski definition) is 0. The van der Waals surface area contributed by atoms with Crippen molar-refractivity contribution in [1.29, 1.82) is 0 Å². The molecule has 104 valence electrons. The Bertz CT molecular complexity index is 821. The minimum absolute atomic E-state index is 0.0890. The number of rotatable bonds is 3. The van der Waals surface area contributed by atoms with Gasteiger partial charge in [0, 0.05) is 28.6 Å². The van der Waals surface area contributed by atoms with Crippen LogP contribution in [-0.4, -0.2) is 10.8 Å². The Morgan fingerprint density at radius 2 is 1.95 bits per heavy atom. The van der Waals surface area contributed by atoms with E-state index in [0.717, 1.165) is 22.0 Å². The van der Waals surface area contributed by atoms with Crippen LogP contribution in [0.1, 0.15) is 21.5 Å². The highest BCUT2D eigenvalue weighted by molar-refractivity contribution is 6.31. The molecule has 1 heterocycles. The maximum atomic E-state index is 12.5. The number of Topliss-reactive ketones (excluding diaryl/α,β-unsaturated/α-hetero) is 1. The predicted molar refractivity (Wildman–Crippen MR) is 86.0 cm³/mol. The molecule has 0 unspecified atom stereocenters. The number of benzene rings is 2. The fourth-order valence-corrected chi connectivity index (χ4v) is 2.52. The third kappa shape index (κ3) is 2.81. The average molecular weight is 296 g/mol. The largest absolute Gasteiger partial charge is 0.294 e. The Balaban J connectivity index is 1.94. The highest BCUT2D eigenvalue weighted by atomic mass is 35.5. The Morgan fingerprint density at radius 1 is 1.14 bits per heavy atom. The first kappa shape index (κ1) is 13.8. The van der Waals surface area contributed by atoms with Crippen molar-refractivity contribution in [3.8, 4) is 0 Å². The molecule has 1 aromatic heterocycles. The molecule has 0 saturated heterocycles. The molecule has 0 spiro atoms. The van der Waals surface area contributed by atoms with Gasteiger partial charge in [-0.05, 0) is 48.4 Å². The van der Waals surface area contributed by atoms with Gasteiger partial charge in [0.25, 0.3) is 0 Å². The van der Waals surface area contributed by atoms with Crippen LogP contribution in [0.4, 0.5) is 0 Å². The van der Waals surface area contributed by atoms with E-state index in [0.29, 0.717) is 17.0 Å². The molecule has 0 saturated carbocycles. The van der Waals surface area contributed by atoms with Crippen molar-refractivity contribution in [3.05, 3.63) is 76.4 Å². The van der Waals surface area contributed by atoms with Crippen molar-refractivity contribution in [1.82, 2.24) is 4.98 Å². The highest BCUT2D eigenvalue weighted by Gasteiger charge is 2.10. The number of nitrogens with zero attached hydrogens (tertiary/aromatic N) is 1. The second-order valence-corrected chi connectivity index (χ2v) is 5.46. The molecule has 0 bridgehead atoms. The molecule has 21 heavy (non-hydrogen) atoms. The SMILES string of the molecule is Cc1cc(C(=O)Cc2ccnc3ccccc23)ccc1Cl. The van der Waals surface area contributed by atoms with E-state index in [4.69, 9.17) is 11.6 Å². The minimum Gasteiger partial charge on any atom is -0.294 e. The third-order valence-electron chi connectivity index (χ3n) is 3.57. The number of aromatic nitrogens is 1. The number of ketones is 1. The van der Waals surface area contributed by atoms with Crippen LogP contribution in [0.3, 0.4) is 0 Å². The smallest absolute Gasteiger partial charge is 0.167 e. The zero-order valence-corrected chi connectivity index (χ0v) is 12.4. The molecular formula is C18H14ClNO. The van der Waals surface area contributed by atoms with Crippen LogP contribution in [-0.2, 0) is 6.42 Å². The van der Waals surface area contributed by atoms with E-state index in [1.165, 1.54) is 0 Å². The molecule has 0 radical (unpaired) electrons. The van der Waals surface area contributed by atoms with E-state index in [2.05, 4.69) is 4.98 Å². The van der Waals surface area contributed by atoms with Gasteiger partial charge in [-0.25, -0.2) is 0 Å². The molecule has 2 nitrogen and oxygen atoms in total. The van der Waals surface area contributed by atoms with Crippen molar-refractivity contribution < 1.29 is 4.79 Å². The van der Waals surface area contributed by atoms with Crippen LogP contribution in [0.25, 0.3) is 10.9 Å². The monoisotopic (exact) mass is 295 g/mol. The van der Waals surface area contributed by atoms with Crippen LogP contribution >= 0.6 is 11.6 Å². The summed E-state index contributed by atoms with van der Waals surface area (Å²) in [6.45, 7) is 1.90. The second-order valence-electron chi connectivity index (χ2n) is 5.05. The number of fused-ring (bicyclic) bond motifs is 1. The first-order chi connectivity index (χ1) is 10.1. The molecular weight excluding hydrogens is 282 g/mol. The van der Waals surface area contributed by atoms with Gasteiger partial charge in [0.1, 0.15) is 0 Å². The molecule has 2 aromatic carbocycles. The first-order valence-electron chi connectivity index (χ1n) is 6.77. The Kier molecular flexibility index (Phi) is 3.72. The van der Waals surface area contributed by atoms with E-state index >= 15 is 0 Å². The van der Waals surface area contributed by atoms with E-state index < -0.39 is 0 Å². The number of carbonyl (C=O) groups excluding carboxylic acids is 1. The lowest BCUT2D eigenvalue weighted by Crippen LogP contribution is -2.04. The van der Waals surface area contributed by atoms with Crippen molar-refractivity contribution in [2.75, 3.05) is 0 Å². The number of halogens is 1. The summed E-state index contributed by atoms with van der Waals surface area (Å²) < 4.78 is 0. The molecule has 3 rings (SSSR count). The maximum Gasteiger partial charge on any atom is 0.167 e. The van der Waals surface area contributed by atoms with Gasteiger partial charge in [-0.15, -0.1) is 0 Å². The topological polar surface area (TPSA) is 30.0 Å². The quantitative estimate of drug-likeness (QED) is 0.660. The normalized spacial score (nSPS) is 10.8. The standard InChI is InChI=1S/C18H14ClNO/c1-12-10-14(6-7-16(12)19)18(21)11-13-8-9-20-17-5-3-2-4-15(13)17/h2-10H,11H2,1H3. The van der Waals surface area contributed by atoms with E-state index in [9.17, 15) is 4.79 Å². The minimum atomic E-state index is 0.0890. The predicted octanol–water partition coefficient (Wildman–Crippen LogP) is 4.62. The summed E-state index contributed by atoms with van der Waals surface area (Å²) in [4.78, 5) is 16.8. The van der Waals surface area contributed by atoms with Crippen molar-refractivity contribution in [2.45, 2.75) is 13.3 Å². The Morgan fingerprint density at radius 3 is 2.76 bits per heavy atom. The first-order valence-corrected chi connectivity index (χ1v) is 7.15. The van der Waals surface area contributed by atoms with Gasteiger partial charge in [-0.2, -0.15) is 0 Å². The van der Waals surface area contributed by atoms with E-state index in [1.807, 2.05) is 43.3 Å². The van der Waals surface area contributed by atoms with E-state index in [-0.39, 0.29) is 5.78 Å². The summed E-state index contributed by atoms with van der Waals surface area (Å²) >= 11 is 6.00. The summed E-state index contributed by atoms with van der Waals surface area (Å²) in [5, 5.41) is 1.71. The zero-order valence-electron chi connectivity index (χ0n) is 11.6. The van der Waals surface area contributed by atoms with Crippen LogP contribution in [0.5, 0.6) is 0 Å².